The van der Waals surface area contributed by atoms with E-state index < -0.39 is 0 Å². The number of carbonyl (C=O) groups is 1. The van der Waals surface area contributed by atoms with Gasteiger partial charge >= 0.3 is 0 Å². The van der Waals surface area contributed by atoms with Crippen molar-refractivity contribution in [2.75, 3.05) is 17.2 Å². The highest BCUT2D eigenvalue weighted by atomic mass is 16.2. The van der Waals surface area contributed by atoms with E-state index in [9.17, 15) is 4.79 Å². The molecule has 2 N–H and O–H groups in total. The molecule has 0 atom stereocenters. The minimum absolute atomic E-state index is 0.0745. The first-order valence-corrected chi connectivity index (χ1v) is 8.37. The SMILES string of the molecule is O=C(Nc1ccc(NCCC2=CCCCC2)nn1)C1CCC1. The van der Waals surface area contributed by atoms with Crippen molar-refractivity contribution in [2.45, 2.75) is 51.4 Å². The van der Waals surface area contributed by atoms with E-state index in [1.54, 1.807) is 5.57 Å². The molecule has 22 heavy (non-hydrogen) atoms. The molecule has 0 aliphatic heterocycles. The molecule has 1 fully saturated rings. The molecule has 0 aromatic carbocycles. The lowest BCUT2D eigenvalue weighted by Crippen LogP contribution is -2.28. The highest BCUT2D eigenvalue weighted by Crippen LogP contribution is 2.27. The summed E-state index contributed by atoms with van der Waals surface area (Å²) in [4.78, 5) is 11.8. The first-order chi connectivity index (χ1) is 10.8. The maximum absolute atomic E-state index is 11.8. The molecule has 118 valence electrons. The lowest BCUT2D eigenvalue weighted by atomic mass is 9.85. The number of carbonyl (C=O) groups excluding carboxylic acids is 1. The van der Waals surface area contributed by atoms with Crippen LogP contribution in [0.5, 0.6) is 0 Å². The summed E-state index contributed by atoms with van der Waals surface area (Å²) >= 11 is 0. The van der Waals surface area contributed by atoms with Crippen LogP contribution in [-0.4, -0.2) is 22.6 Å². The molecule has 1 aromatic rings. The van der Waals surface area contributed by atoms with Crippen LogP contribution in [0.3, 0.4) is 0 Å². The molecule has 0 radical (unpaired) electrons. The molecule has 2 aliphatic carbocycles. The highest BCUT2D eigenvalue weighted by Gasteiger charge is 2.25. The van der Waals surface area contributed by atoms with Gasteiger partial charge in [0.05, 0.1) is 0 Å². The fourth-order valence-corrected chi connectivity index (χ4v) is 2.87. The summed E-state index contributed by atoms with van der Waals surface area (Å²) in [6.07, 6.45) is 11.7. The Balaban J connectivity index is 1.42. The van der Waals surface area contributed by atoms with E-state index in [1.165, 1.54) is 25.7 Å². The number of hydrogen-bond donors (Lipinski definition) is 2. The van der Waals surface area contributed by atoms with Crippen LogP contribution in [-0.2, 0) is 4.79 Å². The largest absolute Gasteiger partial charge is 0.368 e. The van der Waals surface area contributed by atoms with Gasteiger partial charge in [-0.2, -0.15) is 0 Å². The Kier molecular flexibility index (Phi) is 5.03. The third kappa shape index (κ3) is 4.06. The zero-order chi connectivity index (χ0) is 15.2. The van der Waals surface area contributed by atoms with Gasteiger partial charge in [-0.05, 0) is 57.1 Å². The van der Waals surface area contributed by atoms with E-state index in [4.69, 9.17) is 0 Å². The van der Waals surface area contributed by atoms with Crippen molar-refractivity contribution < 1.29 is 4.79 Å². The van der Waals surface area contributed by atoms with E-state index in [1.807, 2.05) is 12.1 Å². The molecule has 3 rings (SSSR count). The number of nitrogens with one attached hydrogen (secondary N) is 2. The minimum Gasteiger partial charge on any atom is -0.368 e. The Morgan fingerprint density at radius 3 is 2.59 bits per heavy atom. The predicted molar refractivity (Wildman–Crippen MR) is 87.7 cm³/mol. The number of nitrogens with zero attached hydrogens (tertiary/aromatic N) is 2. The molecular formula is C17H24N4O. The maximum atomic E-state index is 11.8. The number of amides is 1. The van der Waals surface area contributed by atoms with Crippen LogP contribution in [0, 0.1) is 5.92 Å². The van der Waals surface area contributed by atoms with Crippen molar-refractivity contribution in [2.24, 2.45) is 5.92 Å². The van der Waals surface area contributed by atoms with Gasteiger partial charge in [-0.3, -0.25) is 4.79 Å². The van der Waals surface area contributed by atoms with Gasteiger partial charge in [0, 0.05) is 12.5 Å². The first-order valence-electron chi connectivity index (χ1n) is 8.37. The summed E-state index contributed by atoms with van der Waals surface area (Å²) in [6, 6.07) is 3.68. The van der Waals surface area contributed by atoms with Crippen LogP contribution < -0.4 is 10.6 Å². The van der Waals surface area contributed by atoms with Gasteiger partial charge in [0.2, 0.25) is 5.91 Å². The molecule has 0 bridgehead atoms. The number of aromatic nitrogens is 2. The smallest absolute Gasteiger partial charge is 0.228 e. The molecule has 0 unspecified atom stereocenters. The van der Waals surface area contributed by atoms with Crippen molar-refractivity contribution in [1.29, 1.82) is 0 Å². The van der Waals surface area contributed by atoms with Gasteiger partial charge in [0.1, 0.15) is 5.82 Å². The maximum Gasteiger partial charge on any atom is 0.228 e. The van der Waals surface area contributed by atoms with Gasteiger partial charge < -0.3 is 10.6 Å². The van der Waals surface area contributed by atoms with Crippen molar-refractivity contribution in [3.8, 4) is 0 Å². The fraction of sp³-hybridized carbons (Fsp3) is 0.588. The third-order valence-corrected chi connectivity index (χ3v) is 4.53. The molecule has 1 heterocycles. The lowest BCUT2D eigenvalue weighted by molar-refractivity contribution is -0.122. The Hall–Kier alpha value is -1.91. The van der Waals surface area contributed by atoms with Crippen LogP contribution in [0.1, 0.15) is 51.4 Å². The second-order valence-corrected chi connectivity index (χ2v) is 6.21. The number of anilines is 2. The lowest BCUT2D eigenvalue weighted by Gasteiger charge is -2.23. The monoisotopic (exact) mass is 300 g/mol. The van der Waals surface area contributed by atoms with E-state index in [0.29, 0.717) is 5.82 Å². The van der Waals surface area contributed by atoms with E-state index in [0.717, 1.165) is 38.0 Å². The molecule has 1 amide bonds. The summed E-state index contributed by atoms with van der Waals surface area (Å²) in [6.45, 7) is 0.883. The molecule has 5 nitrogen and oxygen atoms in total. The second-order valence-electron chi connectivity index (χ2n) is 6.21. The zero-order valence-corrected chi connectivity index (χ0v) is 13.0. The second kappa shape index (κ2) is 7.38. The predicted octanol–water partition coefficient (Wildman–Crippen LogP) is 3.52. The van der Waals surface area contributed by atoms with Crippen LogP contribution in [0.4, 0.5) is 11.6 Å². The average molecular weight is 300 g/mol. The quantitative estimate of drug-likeness (QED) is 0.789. The molecule has 1 saturated carbocycles. The Bertz CT molecular complexity index is 534. The molecular weight excluding hydrogens is 276 g/mol. The van der Waals surface area contributed by atoms with E-state index in [-0.39, 0.29) is 11.8 Å². The summed E-state index contributed by atoms with van der Waals surface area (Å²) in [5.41, 5.74) is 1.55. The molecule has 5 heteroatoms. The average Bonchev–Trinajstić information content (AvgIpc) is 2.48. The zero-order valence-electron chi connectivity index (χ0n) is 13.0. The molecule has 2 aliphatic rings. The fourth-order valence-electron chi connectivity index (χ4n) is 2.87. The van der Waals surface area contributed by atoms with E-state index in [2.05, 4.69) is 26.9 Å². The number of allylic oxidation sites excluding steroid dienone is 1. The van der Waals surface area contributed by atoms with Crippen molar-refractivity contribution in [3.63, 3.8) is 0 Å². The minimum atomic E-state index is 0.0745. The molecule has 0 spiro atoms. The van der Waals surface area contributed by atoms with E-state index >= 15 is 0 Å². The van der Waals surface area contributed by atoms with Gasteiger partial charge in [-0.25, -0.2) is 0 Å². The Labute approximate surface area is 131 Å². The standard InChI is InChI=1S/C17H24N4O/c22-17(14-7-4-8-14)19-16-10-9-15(20-21-16)18-12-11-13-5-2-1-3-6-13/h5,9-10,14H,1-4,6-8,11-12H2,(H,18,20)(H,19,21,22). The Morgan fingerprint density at radius 2 is 1.95 bits per heavy atom. The topological polar surface area (TPSA) is 66.9 Å². The summed E-state index contributed by atoms with van der Waals surface area (Å²) in [5.74, 6) is 1.55. The summed E-state index contributed by atoms with van der Waals surface area (Å²) in [5, 5.41) is 14.3. The van der Waals surface area contributed by atoms with Gasteiger partial charge in [-0.15, -0.1) is 10.2 Å². The van der Waals surface area contributed by atoms with Crippen molar-refractivity contribution in [1.82, 2.24) is 10.2 Å². The summed E-state index contributed by atoms with van der Waals surface area (Å²) < 4.78 is 0. The number of hydrogen-bond acceptors (Lipinski definition) is 4. The third-order valence-electron chi connectivity index (χ3n) is 4.53. The Morgan fingerprint density at radius 1 is 1.14 bits per heavy atom. The molecule has 0 saturated heterocycles. The van der Waals surface area contributed by atoms with Gasteiger partial charge in [-0.1, -0.05) is 18.1 Å². The van der Waals surface area contributed by atoms with Crippen LogP contribution in [0.2, 0.25) is 0 Å². The van der Waals surface area contributed by atoms with Crippen LogP contribution >= 0.6 is 0 Å². The normalized spacial score (nSPS) is 18.3. The first kappa shape index (κ1) is 15.0. The van der Waals surface area contributed by atoms with Crippen molar-refractivity contribution >= 4 is 17.5 Å². The van der Waals surface area contributed by atoms with Crippen molar-refractivity contribution in [3.05, 3.63) is 23.8 Å². The van der Waals surface area contributed by atoms with Gasteiger partial charge in [0.15, 0.2) is 5.82 Å². The summed E-state index contributed by atoms with van der Waals surface area (Å²) in [7, 11) is 0. The van der Waals surface area contributed by atoms with Crippen LogP contribution in [0.25, 0.3) is 0 Å². The number of rotatable bonds is 6. The van der Waals surface area contributed by atoms with Crippen LogP contribution in [0.15, 0.2) is 23.8 Å². The van der Waals surface area contributed by atoms with Gasteiger partial charge in [0.25, 0.3) is 0 Å². The molecule has 1 aromatic heterocycles. The highest BCUT2D eigenvalue weighted by molar-refractivity contribution is 5.92.